The Bertz CT molecular complexity index is 326. The van der Waals surface area contributed by atoms with Crippen LogP contribution in [0.2, 0.25) is 0 Å². The van der Waals surface area contributed by atoms with E-state index in [4.69, 9.17) is 0 Å². The van der Waals surface area contributed by atoms with Gasteiger partial charge in [0.05, 0.1) is 13.1 Å². The van der Waals surface area contributed by atoms with E-state index in [-0.39, 0.29) is 11.4 Å². The van der Waals surface area contributed by atoms with E-state index in [1.165, 1.54) is 0 Å². The molecule has 0 aromatic rings. The zero-order chi connectivity index (χ0) is 15.8. The van der Waals surface area contributed by atoms with E-state index >= 15 is 0 Å². The predicted molar refractivity (Wildman–Crippen MR) is 89.5 cm³/mol. The molecule has 0 fully saturated rings. The molecule has 0 aliphatic rings. The summed E-state index contributed by atoms with van der Waals surface area (Å²) in [7, 11) is 1.88. The zero-order valence-corrected chi connectivity index (χ0v) is 14.7. The fourth-order valence-electron chi connectivity index (χ4n) is 1.51. The predicted octanol–water partition coefficient (Wildman–Crippen LogP) is 1.55. The lowest BCUT2D eigenvalue weighted by molar-refractivity contribution is -0.122. The maximum absolute atomic E-state index is 11.9. The topological polar surface area (TPSA) is 56.7 Å². The van der Waals surface area contributed by atoms with Gasteiger partial charge in [-0.1, -0.05) is 6.92 Å². The largest absolute Gasteiger partial charge is 0.357 e. The summed E-state index contributed by atoms with van der Waals surface area (Å²) in [5.74, 6) is 0.779. The second-order valence-corrected chi connectivity index (χ2v) is 7.17. The molecule has 0 aromatic heterocycles. The lowest BCUT2D eigenvalue weighted by Crippen LogP contribution is -2.48. The molecule has 2 N–H and O–H groups in total. The Morgan fingerprint density at radius 2 is 2.00 bits per heavy atom. The highest BCUT2D eigenvalue weighted by Crippen LogP contribution is 2.05. The van der Waals surface area contributed by atoms with E-state index in [1.54, 1.807) is 11.8 Å². The van der Waals surface area contributed by atoms with Crippen molar-refractivity contribution in [3.63, 3.8) is 0 Å². The van der Waals surface area contributed by atoms with Crippen LogP contribution in [0.4, 0.5) is 0 Å². The fraction of sp³-hybridized carbons (Fsp3) is 0.857. The van der Waals surface area contributed by atoms with E-state index < -0.39 is 0 Å². The highest BCUT2D eigenvalue weighted by molar-refractivity contribution is 7.99. The summed E-state index contributed by atoms with van der Waals surface area (Å²) in [5, 5.41) is 6.64. The minimum atomic E-state index is -0.208. The van der Waals surface area contributed by atoms with Crippen LogP contribution in [-0.4, -0.2) is 60.5 Å². The van der Waals surface area contributed by atoms with Gasteiger partial charge in [0.25, 0.3) is 0 Å². The Kier molecular flexibility index (Phi) is 8.69. The standard InChI is InChI=1S/C14H30N4OS/c1-8-15-13(16-9-11(2)20-7)18(6)10-12(19)17-14(3,4)5/h11H,8-10H2,1-7H3,(H,15,16)(H,17,19). The maximum atomic E-state index is 11.9. The summed E-state index contributed by atoms with van der Waals surface area (Å²) in [6.45, 7) is 11.9. The van der Waals surface area contributed by atoms with Gasteiger partial charge in [0.15, 0.2) is 5.96 Å². The molecule has 1 atom stereocenters. The number of guanidine groups is 1. The van der Waals surface area contributed by atoms with Crippen molar-refractivity contribution < 1.29 is 4.79 Å². The Balaban J connectivity index is 4.56. The molecular weight excluding hydrogens is 272 g/mol. The molecule has 5 nitrogen and oxygen atoms in total. The van der Waals surface area contributed by atoms with Gasteiger partial charge in [0, 0.05) is 24.4 Å². The highest BCUT2D eigenvalue weighted by Gasteiger charge is 2.16. The number of carbonyl (C=O) groups excluding carboxylic acids is 1. The lowest BCUT2D eigenvalue weighted by atomic mass is 10.1. The molecule has 1 amide bonds. The first-order chi connectivity index (χ1) is 9.19. The number of amides is 1. The number of likely N-dealkylation sites (N-methyl/N-ethyl adjacent to an activating group) is 1. The molecule has 0 rings (SSSR count). The van der Waals surface area contributed by atoms with E-state index in [2.05, 4.69) is 28.8 Å². The summed E-state index contributed by atoms with van der Waals surface area (Å²) in [6, 6.07) is 0. The van der Waals surface area contributed by atoms with Gasteiger partial charge in [0.2, 0.25) is 5.91 Å². The van der Waals surface area contributed by atoms with E-state index in [9.17, 15) is 4.79 Å². The molecule has 0 heterocycles. The van der Waals surface area contributed by atoms with Crippen molar-refractivity contribution in [1.29, 1.82) is 0 Å². The van der Waals surface area contributed by atoms with Crippen LogP contribution in [-0.2, 0) is 4.79 Å². The first kappa shape index (κ1) is 19.1. The average Bonchev–Trinajstić information content (AvgIpc) is 2.31. The number of rotatable bonds is 6. The zero-order valence-electron chi connectivity index (χ0n) is 13.9. The van der Waals surface area contributed by atoms with E-state index in [1.807, 2.05) is 39.6 Å². The van der Waals surface area contributed by atoms with Crippen molar-refractivity contribution in [1.82, 2.24) is 15.5 Å². The number of nitrogens with zero attached hydrogens (tertiary/aromatic N) is 2. The third kappa shape index (κ3) is 9.07. The van der Waals surface area contributed by atoms with Gasteiger partial charge in [-0.15, -0.1) is 0 Å². The number of hydrogen-bond acceptors (Lipinski definition) is 3. The number of aliphatic imine (C=N–C) groups is 1. The lowest BCUT2D eigenvalue weighted by Gasteiger charge is -2.25. The van der Waals surface area contributed by atoms with Gasteiger partial charge in [0.1, 0.15) is 0 Å². The van der Waals surface area contributed by atoms with Gasteiger partial charge in [-0.25, -0.2) is 0 Å². The Morgan fingerprint density at radius 3 is 2.45 bits per heavy atom. The van der Waals surface area contributed by atoms with Crippen LogP contribution in [0.1, 0.15) is 34.6 Å². The molecule has 0 aliphatic carbocycles. The molecule has 0 spiro atoms. The van der Waals surface area contributed by atoms with Crippen molar-refractivity contribution in [2.24, 2.45) is 4.99 Å². The molecule has 0 aliphatic heterocycles. The number of nitrogens with one attached hydrogen (secondary N) is 2. The Labute approximate surface area is 128 Å². The summed E-state index contributed by atoms with van der Waals surface area (Å²) in [4.78, 5) is 18.4. The summed E-state index contributed by atoms with van der Waals surface area (Å²) in [6.07, 6.45) is 2.08. The second-order valence-electron chi connectivity index (χ2n) is 5.90. The molecular formula is C14H30N4OS. The SMILES string of the molecule is CCNC(=NCC(C)SC)N(C)CC(=O)NC(C)(C)C. The monoisotopic (exact) mass is 302 g/mol. The van der Waals surface area contributed by atoms with Gasteiger partial charge >= 0.3 is 0 Å². The van der Waals surface area contributed by atoms with Gasteiger partial charge in [-0.05, 0) is 34.0 Å². The summed E-state index contributed by atoms with van der Waals surface area (Å²) >= 11 is 1.79. The van der Waals surface area contributed by atoms with Crippen LogP contribution in [0.3, 0.4) is 0 Å². The summed E-state index contributed by atoms with van der Waals surface area (Å²) < 4.78 is 0. The van der Waals surface area contributed by atoms with Crippen molar-refractivity contribution in [2.45, 2.75) is 45.4 Å². The molecule has 20 heavy (non-hydrogen) atoms. The van der Waals surface area contributed by atoms with Crippen molar-refractivity contribution in [3.05, 3.63) is 0 Å². The van der Waals surface area contributed by atoms with Gasteiger partial charge in [-0.3, -0.25) is 9.79 Å². The summed E-state index contributed by atoms with van der Waals surface area (Å²) in [5.41, 5.74) is -0.208. The molecule has 118 valence electrons. The maximum Gasteiger partial charge on any atom is 0.240 e. The highest BCUT2D eigenvalue weighted by atomic mass is 32.2. The smallest absolute Gasteiger partial charge is 0.240 e. The van der Waals surface area contributed by atoms with Crippen LogP contribution in [0.5, 0.6) is 0 Å². The van der Waals surface area contributed by atoms with Crippen molar-refractivity contribution in [3.8, 4) is 0 Å². The van der Waals surface area contributed by atoms with Crippen LogP contribution in [0.15, 0.2) is 4.99 Å². The van der Waals surface area contributed by atoms with E-state index in [0.717, 1.165) is 19.0 Å². The van der Waals surface area contributed by atoms with Crippen LogP contribution in [0, 0.1) is 0 Å². The molecule has 0 saturated carbocycles. The number of thioether (sulfide) groups is 1. The van der Waals surface area contributed by atoms with Crippen molar-refractivity contribution >= 4 is 23.6 Å². The Hall–Kier alpha value is -0.910. The van der Waals surface area contributed by atoms with Crippen LogP contribution >= 0.6 is 11.8 Å². The normalized spacial score (nSPS) is 13.8. The molecule has 0 aromatic carbocycles. The molecule has 0 saturated heterocycles. The Morgan fingerprint density at radius 1 is 1.40 bits per heavy atom. The van der Waals surface area contributed by atoms with Gasteiger partial charge in [-0.2, -0.15) is 11.8 Å². The molecule has 1 unspecified atom stereocenters. The van der Waals surface area contributed by atoms with E-state index in [0.29, 0.717) is 11.8 Å². The molecule has 0 radical (unpaired) electrons. The number of hydrogen-bond donors (Lipinski definition) is 2. The quantitative estimate of drug-likeness (QED) is 0.577. The minimum absolute atomic E-state index is 0.00326. The second kappa shape index (κ2) is 9.10. The van der Waals surface area contributed by atoms with Crippen molar-refractivity contribution in [2.75, 3.05) is 32.9 Å². The minimum Gasteiger partial charge on any atom is -0.357 e. The fourth-order valence-corrected chi connectivity index (χ4v) is 1.73. The first-order valence-corrected chi connectivity index (χ1v) is 8.31. The third-order valence-corrected chi connectivity index (χ3v) is 3.45. The van der Waals surface area contributed by atoms with Crippen LogP contribution < -0.4 is 10.6 Å². The number of carbonyl (C=O) groups is 1. The molecule has 6 heteroatoms. The van der Waals surface area contributed by atoms with Crippen LogP contribution in [0.25, 0.3) is 0 Å². The average molecular weight is 302 g/mol. The first-order valence-electron chi connectivity index (χ1n) is 7.02. The molecule has 0 bridgehead atoms. The van der Waals surface area contributed by atoms with Gasteiger partial charge < -0.3 is 15.5 Å². The third-order valence-electron chi connectivity index (χ3n) is 2.49.